The van der Waals surface area contributed by atoms with Crippen molar-refractivity contribution in [1.29, 1.82) is 0 Å². The summed E-state index contributed by atoms with van der Waals surface area (Å²) in [5, 5.41) is 2.79. The van der Waals surface area contributed by atoms with Crippen LogP contribution in [0.25, 0.3) is 11.3 Å². The number of hydrogen-bond donors (Lipinski definition) is 1. The van der Waals surface area contributed by atoms with E-state index in [-0.39, 0.29) is 29.5 Å². The molecule has 3 aromatic rings. The van der Waals surface area contributed by atoms with Crippen LogP contribution in [0.5, 0.6) is 0 Å². The molecule has 1 aromatic heterocycles. The van der Waals surface area contributed by atoms with Crippen molar-refractivity contribution in [2.45, 2.75) is 64.4 Å². The predicted molar refractivity (Wildman–Crippen MR) is 159 cm³/mol. The minimum atomic E-state index is -1.96. The molecule has 208 valence electrons. The SMILES string of the molecule is [B]C(=O)NC(Cc1ccc(-c2cn(C)c(C(C)O[Si](C)(C)C(C)(C)C)n2)cc1)CN1C(=O)c2ccccc2C1=O. The van der Waals surface area contributed by atoms with Gasteiger partial charge >= 0.3 is 0 Å². The van der Waals surface area contributed by atoms with Crippen LogP contribution in [0.4, 0.5) is 4.79 Å². The monoisotopic (exact) mass is 556 g/mol. The summed E-state index contributed by atoms with van der Waals surface area (Å²) in [7, 11) is 5.44. The van der Waals surface area contributed by atoms with Crippen LogP contribution in [-0.4, -0.2) is 60.8 Å². The van der Waals surface area contributed by atoms with Gasteiger partial charge in [-0.25, -0.2) is 4.98 Å². The lowest BCUT2D eigenvalue weighted by molar-refractivity contribution is 0.0639. The number of carbonyl (C=O) groups excluding carboxylic acids is 3. The van der Waals surface area contributed by atoms with Crippen molar-refractivity contribution < 1.29 is 18.8 Å². The highest BCUT2D eigenvalue weighted by Crippen LogP contribution is 2.39. The first-order valence-electron chi connectivity index (χ1n) is 13.5. The Morgan fingerprint density at radius 1 is 1.05 bits per heavy atom. The molecule has 3 amide bonds. The van der Waals surface area contributed by atoms with Gasteiger partial charge in [0.2, 0.25) is 7.85 Å². The molecule has 1 aliphatic heterocycles. The number of amides is 3. The number of nitrogens with one attached hydrogen (secondary N) is 1. The smallest absolute Gasteiger partial charge is 0.261 e. The number of benzene rings is 2. The van der Waals surface area contributed by atoms with Gasteiger partial charge in [-0.3, -0.25) is 19.3 Å². The number of fused-ring (bicyclic) bond motifs is 1. The lowest BCUT2D eigenvalue weighted by Crippen LogP contribution is -2.46. The minimum absolute atomic E-state index is 0.0206. The van der Waals surface area contributed by atoms with Gasteiger partial charge in [-0.1, -0.05) is 57.2 Å². The molecule has 0 spiro atoms. The summed E-state index contributed by atoms with van der Waals surface area (Å²) < 4.78 is 8.57. The van der Waals surface area contributed by atoms with Crippen LogP contribution >= 0.6 is 0 Å². The second kappa shape index (κ2) is 11.2. The molecule has 4 rings (SSSR count). The molecule has 2 heterocycles. The van der Waals surface area contributed by atoms with E-state index in [1.165, 1.54) is 4.90 Å². The predicted octanol–water partition coefficient (Wildman–Crippen LogP) is 5.26. The van der Waals surface area contributed by atoms with E-state index >= 15 is 0 Å². The lowest BCUT2D eigenvalue weighted by atomic mass is 10.0. The van der Waals surface area contributed by atoms with Crippen molar-refractivity contribution in [3.05, 3.63) is 77.2 Å². The summed E-state index contributed by atoms with van der Waals surface area (Å²) in [5.74, 6) is -0.585. The maximum absolute atomic E-state index is 12.8. The minimum Gasteiger partial charge on any atom is -0.407 e. The van der Waals surface area contributed by atoms with Gasteiger partial charge in [0.05, 0.1) is 22.9 Å². The first kappa shape index (κ1) is 29.5. The molecule has 0 saturated carbocycles. The van der Waals surface area contributed by atoms with Gasteiger partial charge < -0.3 is 14.3 Å². The van der Waals surface area contributed by atoms with E-state index in [0.29, 0.717) is 17.5 Å². The quantitative estimate of drug-likeness (QED) is 0.287. The van der Waals surface area contributed by atoms with Gasteiger partial charge in [0.25, 0.3) is 11.8 Å². The molecule has 2 atom stereocenters. The van der Waals surface area contributed by atoms with Crippen molar-refractivity contribution in [1.82, 2.24) is 19.8 Å². The third kappa shape index (κ3) is 6.13. The highest BCUT2D eigenvalue weighted by atomic mass is 28.4. The zero-order valence-electron chi connectivity index (χ0n) is 24.3. The molecule has 1 N–H and O–H groups in total. The number of rotatable bonds is 9. The highest BCUT2D eigenvalue weighted by molar-refractivity contribution is 6.74. The number of nitrogens with zero attached hydrogens (tertiary/aromatic N) is 3. The van der Waals surface area contributed by atoms with Crippen LogP contribution in [0.15, 0.2) is 54.7 Å². The standard InChI is InChI=1S/C30H37BN4O4Si/c1-19(39-40(6,7)30(2,3)4)26-33-25(18-34(26)5)21-14-12-20(13-15-21)16-22(32-29(31)38)17-35-27(36)23-10-8-9-11-24(23)28(35)37/h8-15,18-19,22H,16-17H2,1-7H3,(H,32,38). The van der Waals surface area contributed by atoms with Crippen LogP contribution in [0.2, 0.25) is 18.1 Å². The summed E-state index contributed by atoms with van der Waals surface area (Å²) in [6.45, 7) is 13.2. The zero-order valence-corrected chi connectivity index (χ0v) is 25.3. The fourth-order valence-corrected chi connectivity index (χ4v) is 6.10. The molecule has 0 saturated heterocycles. The third-order valence-electron chi connectivity index (χ3n) is 7.91. The number of aryl methyl sites for hydroxylation is 1. The van der Waals surface area contributed by atoms with Crippen LogP contribution in [0.3, 0.4) is 0 Å². The third-order valence-corrected chi connectivity index (χ3v) is 12.5. The Morgan fingerprint density at radius 3 is 2.15 bits per heavy atom. The Kier molecular flexibility index (Phi) is 8.24. The second-order valence-electron chi connectivity index (χ2n) is 12.0. The maximum Gasteiger partial charge on any atom is 0.261 e. The van der Waals surface area contributed by atoms with Gasteiger partial charge in [0.15, 0.2) is 14.1 Å². The van der Waals surface area contributed by atoms with Gasteiger partial charge in [-0.05, 0) is 49.2 Å². The molecule has 8 nitrogen and oxygen atoms in total. The maximum atomic E-state index is 12.8. The molecular formula is C30H37BN4O4Si. The molecule has 2 aromatic carbocycles. The van der Waals surface area contributed by atoms with Crippen LogP contribution in [0.1, 0.15) is 65.9 Å². The fraction of sp³-hybridized carbons (Fsp3) is 0.400. The van der Waals surface area contributed by atoms with E-state index in [9.17, 15) is 14.4 Å². The van der Waals surface area contributed by atoms with Crippen molar-refractivity contribution >= 4 is 33.8 Å². The molecule has 2 unspecified atom stereocenters. The molecular weight excluding hydrogens is 519 g/mol. The van der Waals surface area contributed by atoms with Crippen molar-refractivity contribution in [2.24, 2.45) is 7.05 Å². The normalized spacial score (nSPS) is 15.2. The van der Waals surface area contributed by atoms with Crippen LogP contribution in [0, 0.1) is 0 Å². The van der Waals surface area contributed by atoms with E-state index in [0.717, 1.165) is 22.6 Å². The molecule has 0 aliphatic carbocycles. The summed E-state index contributed by atoms with van der Waals surface area (Å²) in [6.07, 6.45) is 2.25. The number of imidazole rings is 1. The summed E-state index contributed by atoms with van der Waals surface area (Å²) >= 11 is 0. The van der Waals surface area contributed by atoms with Gasteiger partial charge in [-0.2, -0.15) is 0 Å². The van der Waals surface area contributed by atoms with Gasteiger partial charge in [-0.15, -0.1) is 0 Å². The highest BCUT2D eigenvalue weighted by Gasteiger charge is 2.39. The van der Waals surface area contributed by atoms with Gasteiger partial charge in [0.1, 0.15) is 11.9 Å². The fourth-order valence-electron chi connectivity index (χ4n) is 4.75. The Morgan fingerprint density at radius 2 is 1.62 bits per heavy atom. The van der Waals surface area contributed by atoms with E-state index in [1.54, 1.807) is 24.3 Å². The summed E-state index contributed by atoms with van der Waals surface area (Å²) in [5.41, 5.74) is 3.45. The number of hydrogen-bond acceptors (Lipinski definition) is 5. The van der Waals surface area contributed by atoms with E-state index in [2.05, 4.69) is 46.1 Å². The van der Waals surface area contributed by atoms with Crippen molar-refractivity contribution in [2.75, 3.05) is 6.54 Å². The molecule has 10 heteroatoms. The number of imide groups is 1. The molecule has 2 radical (unpaired) electrons. The van der Waals surface area contributed by atoms with Crippen molar-refractivity contribution in [3.8, 4) is 11.3 Å². The summed E-state index contributed by atoms with van der Waals surface area (Å²) in [6, 6.07) is 14.0. The Balaban J connectivity index is 1.47. The molecule has 40 heavy (non-hydrogen) atoms. The lowest BCUT2D eigenvalue weighted by Gasteiger charge is -2.38. The largest absolute Gasteiger partial charge is 0.407 e. The molecule has 0 fully saturated rings. The molecule has 1 aliphatic rings. The van der Waals surface area contributed by atoms with Crippen LogP contribution in [-0.2, 0) is 17.9 Å². The van der Waals surface area contributed by atoms with E-state index < -0.39 is 20.2 Å². The van der Waals surface area contributed by atoms with E-state index in [4.69, 9.17) is 17.3 Å². The first-order valence-corrected chi connectivity index (χ1v) is 16.4. The topological polar surface area (TPSA) is 93.5 Å². The van der Waals surface area contributed by atoms with Gasteiger partial charge in [0, 0.05) is 25.4 Å². The average molecular weight is 557 g/mol. The average Bonchev–Trinajstić information content (AvgIpc) is 3.37. The number of aromatic nitrogens is 2. The summed E-state index contributed by atoms with van der Waals surface area (Å²) in [4.78, 5) is 43.4. The van der Waals surface area contributed by atoms with Crippen molar-refractivity contribution in [3.63, 3.8) is 0 Å². The Hall–Kier alpha value is -3.50. The Bertz CT molecular complexity index is 1390. The number of carbonyl (C=O) groups is 3. The first-order chi connectivity index (χ1) is 18.7. The molecule has 0 bridgehead atoms. The van der Waals surface area contributed by atoms with Crippen LogP contribution < -0.4 is 5.32 Å². The van der Waals surface area contributed by atoms with E-state index in [1.807, 2.05) is 42.1 Å². The Labute approximate surface area is 238 Å². The second-order valence-corrected chi connectivity index (χ2v) is 16.7. The zero-order chi connectivity index (χ0) is 29.4.